The zero-order chi connectivity index (χ0) is 25.8. The number of halogens is 1. The van der Waals surface area contributed by atoms with Gasteiger partial charge in [-0.25, -0.2) is 9.67 Å². The first kappa shape index (κ1) is 24.9. The summed E-state index contributed by atoms with van der Waals surface area (Å²) < 4.78 is 7.07. The maximum Gasteiger partial charge on any atom is 0.274 e. The van der Waals surface area contributed by atoms with E-state index in [0.717, 1.165) is 0 Å². The van der Waals surface area contributed by atoms with Gasteiger partial charge in [0.05, 0.1) is 27.9 Å². The molecule has 2 N–H and O–H groups in total. The van der Waals surface area contributed by atoms with Crippen molar-refractivity contribution in [2.24, 2.45) is 0 Å². The number of aryl methyl sites for hydroxylation is 1. The van der Waals surface area contributed by atoms with Crippen LogP contribution in [0.15, 0.2) is 53.4 Å². The first-order chi connectivity index (χ1) is 17.3. The number of carbonyl (C=O) groups is 2. The van der Waals surface area contributed by atoms with Crippen molar-refractivity contribution >= 4 is 40.4 Å². The highest BCUT2D eigenvalue weighted by Crippen LogP contribution is 2.28. The maximum absolute atomic E-state index is 13.5. The van der Waals surface area contributed by atoms with Crippen LogP contribution in [0.5, 0.6) is 11.6 Å². The third kappa shape index (κ3) is 5.38. The van der Waals surface area contributed by atoms with Crippen molar-refractivity contribution in [1.82, 2.24) is 20.1 Å². The highest BCUT2D eigenvalue weighted by Gasteiger charge is 2.24. The highest BCUT2D eigenvalue weighted by molar-refractivity contribution is 7.08. The Morgan fingerprint density at radius 3 is 2.69 bits per heavy atom. The zero-order valence-corrected chi connectivity index (χ0v) is 21.1. The summed E-state index contributed by atoms with van der Waals surface area (Å²) in [6, 6.07) is 11.5. The topological polar surface area (TPSA) is 122 Å². The summed E-state index contributed by atoms with van der Waals surface area (Å²) in [5.41, 5.74) is 1.38. The molecule has 2 amide bonds. The highest BCUT2D eigenvalue weighted by atomic mass is 35.5. The Hall–Kier alpha value is -4.20. The maximum atomic E-state index is 13.5. The van der Waals surface area contributed by atoms with Crippen molar-refractivity contribution in [3.8, 4) is 23.5 Å². The lowest BCUT2D eigenvalue weighted by atomic mass is 10.0. The summed E-state index contributed by atoms with van der Waals surface area (Å²) in [4.78, 5) is 30.7. The van der Waals surface area contributed by atoms with Crippen LogP contribution in [0.2, 0.25) is 5.02 Å². The molecule has 9 nitrogen and oxygen atoms in total. The van der Waals surface area contributed by atoms with Gasteiger partial charge in [-0.05, 0) is 62.0 Å². The fourth-order valence-electron chi connectivity index (χ4n) is 3.41. The average molecular weight is 521 g/mol. The van der Waals surface area contributed by atoms with Crippen molar-refractivity contribution < 1.29 is 14.3 Å². The van der Waals surface area contributed by atoms with Gasteiger partial charge in [0.15, 0.2) is 5.82 Å². The summed E-state index contributed by atoms with van der Waals surface area (Å²) in [7, 11) is 0. The predicted molar refractivity (Wildman–Crippen MR) is 137 cm³/mol. The van der Waals surface area contributed by atoms with Crippen molar-refractivity contribution in [3.63, 3.8) is 0 Å². The van der Waals surface area contributed by atoms with Crippen LogP contribution in [0.3, 0.4) is 0 Å². The number of carbonyl (C=O) groups excluding carboxylic acids is 2. The summed E-state index contributed by atoms with van der Waals surface area (Å²) in [6.45, 7) is 5.35. The van der Waals surface area contributed by atoms with E-state index in [4.69, 9.17) is 16.3 Å². The molecule has 36 heavy (non-hydrogen) atoms. The largest absolute Gasteiger partial charge is 0.437 e. The number of nitrogens with zero attached hydrogens (tertiary/aromatic N) is 4. The van der Waals surface area contributed by atoms with Crippen molar-refractivity contribution in [3.05, 3.63) is 80.8 Å². The average Bonchev–Trinajstić information content (AvgIpc) is 3.50. The number of aromatic nitrogens is 3. The zero-order valence-electron chi connectivity index (χ0n) is 19.6. The number of anilines is 1. The summed E-state index contributed by atoms with van der Waals surface area (Å²) in [6.07, 6.45) is 1.53. The van der Waals surface area contributed by atoms with Crippen LogP contribution in [-0.2, 0) is 0 Å². The lowest BCUT2D eigenvalue weighted by Crippen LogP contribution is -2.31. The Bertz CT molecular complexity index is 1470. The van der Waals surface area contributed by atoms with Gasteiger partial charge >= 0.3 is 0 Å². The Labute approximate surface area is 216 Å². The smallest absolute Gasteiger partial charge is 0.274 e. The molecule has 4 aromatic rings. The molecule has 0 saturated heterocycles. The van der Waals surface area contributed by atoms with E-state index in [-0.39, 0.29) is 39.7 Å². The molecule has 0 radical (unpaired) electrons. The van der Waals surface area contributed by atoms with Gasteiger partial charge in [-0.2, -0.15) is 5.26 Å². The van der Waals surface area contributed by atoms with Crippen LogP contribution in [0.25, 0.3) is 5.82 Å². The molecule has 0 atom stereocenters. The molecule has 0 bridgehead atoms. The molecule has 0 unspecified atom stereocenters. The molecule has 0 aliphatic carbocycles. The number of thiophene rings is 1. The number of nitrogens with one attached hydrogen (secondary N) is 2. The molecule has 0 spiro atoms. The van der Waals surface area contributed by atoms with E-state index < -0.39 is 11.8 Å². The molecular formula is C25H21ClN6O3S. The van der Waals surface area contributed by atoms with E-state index in [9.17, 15) is 14.9 Å². The number of ether oxygens (including phenoxy) is 1. The van der Waals surface area contributed by atoms with E-state index >= 15 is 0 Å². The van der Waals surface area contributed by atoms with Crippen molar-refractivity contribution in [2.75, 3.05) is 5.32 Å². The monoisotopic (exact) mass is 520 g/mol. The predicted octanol–water partition coefficient (Wildman–Crippen LogP) is 5.35. The van der Waals surface area contributed by atoms with Crippen LogP contribution < -0.4 is 15.4 Å². The molecule has 0 fully saturated rings. The number of hydrogen-bond acceptors (Lipinski definition) is 7. The summed E-state index contributed by atoms with van der Waals surface area (Å²) in [5.74, 6) is -0.0215. The van der Waals surface area contributed by atoms with Gasteiger partial charge in [0, 0.05) is 23.7 Å². The summed E-state index contributed by atoms with van der Waals surface area (Å²) in [5, 5.41) is 23.3. The minimum atomic E-state index is -0.573. The fraction of sp³-hybridized carbons (Fsp3) is 0.160. The Kier molecular flexibility index (Phi) is 7.33. The van der Waals surface area contributed by atoms with Gasteiger partial charge in [0.2, 0.25) is 5.88 Å². The van der Waals surface area contributed by atoms with Gasteiger partial charge in [0.1, 0.15) is 11.4 Å². The molecule has 11 heteroatoms. The van der Waals surface area contributed by atoms with Crippen LogP contribution in [0, 0.1) is 18.3 Å². The van der Waals surface area contributed by atoms with Gasteiger partial charge < -0.3 is 15.4 Å². The lowest BCUT2D eigenvalue weighted by Gasteiger charge is -2.16. The second kappa shape index (κ2) is 10.6. The standard InChI is InChI=1S/C25H21ClN6O3S/c1-14(2)29-24(33)18-10-16(12-27)9-15(3)22(18)30-25(34)20-11-21(35-17-6-8-36-13-17)31-32(20)23-19(26)5-4-7-28-23/h4-11,13-14H,1-3H3,(H,29,33)(H,30,34). The third-order valence-corrected chi connectivity index (χ3v) is 5.90. The van der Waals surface area contributed by atoms with E-state index in [1.807, 2.05) is 25.3 Å². The second-order valence-corrected chi connectivity index (χ2v) is 9.25. The fourth-order valence-corrected chi connectivity index (χ4v) is 4.16. The first-order valence-electron chi connectivity index (χ1n) is 10.8. The lowest BCUT2D eigenvalue weighted by molar-refractivity contribution is 0.0944. The number of nitriles is 1. The third-order valence-electron chi connectivity index (χ3n) is 4.94. The molecule has 0 aliphatic rings. The molecule has 182 valence electrons. The molecule has 4 rings (SSSR count). The Morgan fingerprint density at radius 1 is 1.22 bits per heavy atom. The number of pyridine rings is 1. The van der Waals surface area contributed by atoms with Crippen molar-refractivity contribution in [1.29, 1.82) is 5.26 Å². The minimum Gasteiger partial charge on any atom is -0.437 e. The Morgan fingerprint density at radius 2 is 2.03 bits per heavy atom. The van der Waals surface area contributed by atoms with E-state index in [2.05, 4.69) is 20.7 Å². The van der Waals surface area contributed by atoms with E-state index in [0.29, 0.717) is 16.9 Å². The second-order valence-electron chi connectivity index (χ2n) is 8.06. The summed E-state index contributed by atoms with van der Waals surface area (Å²) >= 11 is 7.80. The number of amides is 2. The normalized spacial score (nSPS) is 10.7. The van der Waals surface area contributed by atoms with E-state index in [1.54, 1.807) is 36.6 Å². The molecule has 1 aromatic carbocycles. The van der Waals surface area contributed by atoms with Gasteiger partial charge in [-0.15, -0.1) is 16.4 Å². The molecule has 0 aliphatic heterocycles. The van der Waals surface area contributed by atoms with Crippen LogP contribution >= 0.6 is 22.9 Å². The van der Waals surface area contributed by atoms with Crippen LogP contribution in [-0.4, -0.2) is 32.6 Å². The molecule has 3 heterocycles. The van der Waals surface area contributed by atoms with Gasteiger partial charge in [-0.3, -0.25) is 9.59 Å². The first-order valence-corrected chi connectivity index (χ1v) is 12.2. The number of hydrogen-bond donors (Lipinski definition) is 2. The van der Waals surface area contributed by atoms with Crippen molar-refractivity contribution in [2.45, 2.75) is 26.8 Å². The number of rotatable bonds is 7. The molecule has 0 saturated carbocycles. The Balaban J connectivity index is 1.77. The quantitative estimate of drug-likeness (QED) is 0.339. The van der Waals surface area contributed by atoms with E-state index in [1.165, 1.54) is 34.3 Å². The molecular weight excluding hydrogens is 500 g/mol. The SMILES string of the molecule is Cc1cc(C#N)cc(C(=O)NC(C)C)c1NC(=O)c1cc(Oc2ccsc2)nn1-c1ncccc1Cl. The number of benzene rings is 1. The van der Waals surface area contributed by atoms with Crippen LogP contribution in [0.1, 0.15) is 45.8 Å². The van der Waals surface area contributed by atoms with Gasteiger partial charge in [-0.1, -0.05) is 11.6 Å². The van der Waals surface area contributed by atoms with Gasteiger partial charge in [0.25, 0.3) is 11.8 Å². The molecule has 3 aromatic heterocycles. The minimum absolute atomic E-state index is 0.0832. The van der Waals surface area contributed by atoms with Crippen LogP contribution in [0.4, 0.5) is 5.69 Å².